The predicted octanol–water partition coefficient (Wildman–Crippen LogP) is 1.43. The van der Waals surface area contributed by atoms with Gasteiger partial charge in [0, 0.05) is 11.6 Å². The van der Waals surface area contributed by atoms with Gasteiger partial charge in [0.2, 0.25) is 0 Å². The van der Waals surface area contributed by atoms with Crippen LogP contribution in [0.25, 0.3) is 0 Å². The van der Waals surface area contributed by atoms with E-state index in [4.69, 9.17) is 10.8 Å². The topological polar surface area (TPSA) is 83.6 Å². The van der Waals surface area contributed by atoms with Crippen LogP contribution in [0.2, 0.25) is 0 Å². The van der Waals surface area contributed by atoms with Crippen LogP contribution in [0.5, 0.6) is 5.75 Å². The minimum absolute atomic E-state index is 0.119. The van der Waals surface area contributed by atoms with E-state index in [1.165, 1.54) is 0 Å². The molecule has 0 fully saturated rings. The van der Waals surface area contributed by atoms with Crippen LogP contribution in [0.4, 0.5) is 0 Å². The lowest BCUT2D eigenvalue weighted by atomic mass is 9.99. The molecule has 0 aliphatic rings. The van der Waals surface area contributed by atoms with Gasteiger partial charge in [-0.2, -0.15) is 0 Å². The van der Waals surface area contributed by atoms with Crippen LogP contribution in [0.15, 0.2) is 18.2 Å². The largest absolute Gasteiger partial charge is 0.507 e. The maximum atomic E-state index is 10.5. The van der Waals surface area contributed by atoms with Crippen molar-refractivity contribution in [3.8, 4) is 5.75 Å². The quantitative estimate of drug-likeness (QED) is 0.700. The summed E-state index contributed by atoms with van der Waals surface area (Å²) in [5.41, 5.74) is 6.96. The zero-order valence-corrected chi connectivity index (χ0v) is 8.60. The normalized spacial score (nSPS) is 12.4. The van der Waals surface area contributed by atoms with E-state index in [1.54, 1.807) is 18.2 Å². The van der Waals surface area contributed by atoms with Gasteiger partial charge < -0.3 is 15.9 Å². The molecular weight excluding hydrogens is 194 g/mol. The monoisotopic (exact) mass is 209 g/mol. The standard InChI is InChI=1S/C11H15NO3/c1-2-7-4-3-5-8(11(7)15)9(12)6-10(13)14/h3-5,9,15H,2,6,12H2,1H3,(H,13,14). The molecule has 4 N–H and O–H groups in total. The summed E-state index contributed by atoms with van der Waals surface area (Å²) >= 11 is 0. The van der Waals surface area contributed by atoms with E-state index in [0.717, 1.165) is 5.56 Å². The first kappa shape index (κ1) is 11.5. The van der Waals surface area contributed by atoms with Crippen molar-refractivity contribution in [2.24, 2.45) is 5.73 Å². The molecule has 82 valence electrons. The summed E-state index contributed by atoms with van der Waals surface area (Å²) in [6, 6.07) is 4.57. The van der Waals surface area contributed by atoms with Gasteiger partial charge in [0.1, 0.15) is 5.75 Å². The highest BCUT2D eigenvalue weighted by Gasteiger charge is 2.15. The summed E-state index contributed by atoms with van der Waals surface area (Å²) in [6.07, 6.45) is 0.514. The zero-order chi connectivity index (χ0) is 11.4. The van der Waals surface area contributed by atoms with Crippen molar-refractivity contribution >= 4 is 5.97 Å². The summed E-state index contributed by atoms with van der Waals surface area (Å²) in [6.45, 7) is 1.92. The van der Waals surface area contributed by atoms with Crippen LogP contribution < -0.4 is 5.73 Å². The minimum atomic E-state index is -0.969. The van der Waals surface area contributed by atoms with Crippen molar-refractivity contribution in [2.45, 2.75) is 25.8 Å². The number of hydrogen-bond acceptors (Lipinski definition) is 3. The fraction of sp³-hybridized carbons (Fsp3) is 0.364. The van der Waals surface area contributed by atoms with Crippen molar-refractivity contribution < 1.29 is 15.0 Å². The molecular formula is C11H15NO3. The molecule has 4 heteroatoms. The number of hydrogen-bond donors (Lipinski definition) is 3. The molecule has 0 aliphatic carbocycles. The average molecular weight is 209 g/mol. The highest BCUT2D eigenvalue weighted by molar-refractivity contribution is 5.68. The lowest BCUT2D eigenvalue weighted by Crippen LogP contribution is -2.15. The van der Waals surface area contributed by atoms with Gasteiger partial charge in [0.25, 0.3) is 0 Å². The number of carbonyl (C=O) groups is 1. The molecule has 0 saturated heterocycles. The Balaban J connectivity index is 2.98. The van der Waals surface area contributed by atoms with Crippen LogP contribution >= 0.6 is 0 Å². The van der Waals surface area contributed by atoms with E-state index < -0.39 is 12.0 Å². The second-order valence-electron chi connectivity index (χ2n) is 3.41. The van der Waals surface area contributed by atoms with Crippen molar-refractivity contribution in [2.75, 3.05) is 0 Å². The third-order valence-corrected chi connectivity index (χ3v) is 2.33. The van der Waals surface area contributed by atoms with Crippen molar-refractivity contribution in [1.29, 1.82) is 0 Å². The Morgan fingerprint density at radius 1 is 1.53 bits per heavy atom. The van der Waals surface area contributed by atoms with Gasteiger partial charge in [0.15, 0.2) is 0 Å². The number of para-hydroxylation sites is 1. The van der Waals surface area contributed by atoms with E-state index in [9.17, 15) is 9.90 Å². The Hall–Kier alpha value is -1.55. The molecule has 0 bridgehead atoms. The number of phenolic OH excluding ortho intramolecular Hbond substituents is 1. The molecule has 0 spiro atoms. The maximum absolute atomic E-state index is 10.5. The number of phenols is 1. The van der Waals surface area contributed by atoms with E-state index in [1.807, 2.05) is 6.92 Å². The number of aryl methyl sites for hydroxylation is 1. The molecule has 0 heterocycles. The second kappa shape index (κ2) is 4.79. The molecule has 1 aromatic carbocycles. The number of rotatable bonds is 4. The summed E-state index contributed by atoms with van der Waals surface area (Å²) in [5, 5.41) is 18.4. The highest BCUT2D eigenvalue weighted by atomic mass is 16.4. The van der Waals surface area contributed by atoms with E-state index in [-0.39, 0.29) is 12.2 Å². The molecule has 1 atom stereocenters. The van der Waals surface area contributed by atoms with E-state index in [2.05, 4.69) is 0 Å². The fourth-order valence-electron chi connectivity index (χ4n) is 1.49. The Kier molecular flexibility index (Phi) is 3.68. The number of benzene rings is 1. The fourth-order valence-corrected chi connectivity index (χ4v) is 1.49. The molecule has 1 aromatic rings. The highest BCUT2D eigenvalue weighted by Crippen LogP contribution is 2.28. The Morgan fingerprint density at radius 3 is 2.73 bits per heavy atom. The maximum Gasteiger partial charge on any atom is 0.305 e. The molecule has 0 amide bonds. The molecule has 0 radical (unpaired) electrons. The molecule has 1 rings (SSSR count). The molecule has 4 nitrogen and oxygen atoms in total. The molecule has 0 saturated carbocycles. The van der Waals surface area contributed by atoms with Gasteiger partial charge >= 0.3 is 5.97 Å². The number of aromatic hydroxyl groups is 1. The molecule has 0 aromatic heterocycles. The summed E-state index contributed by atoms with van der Waals surface area (Å²) < 4.78 is 0. The van der Waals surface area contributed by atoms with Crippen LogP contribution in [0, 0.1) is 0 Å². The minimum Gasteiger partial charge on any atom is -0.507 e. The third kappa shape index (κ3) is 2.70. The average Bonchev–Trinajstić information content (AvgIpc) is 2.17. The lowest BCUT2D eigenvalue weighted by Gasteiger charge is -2.13. The summed E-state index contributed by atoms with van der Waals surface area (Å²) in [7, 11) is 0. The number of nitrogens with two attached hydrogens (primary N) is 1. The second-order valence-corrected chi connectivity index (χ2v) is 3.41. The number of carboxylic acid groups (broad SMARTS) is 1. The first-order valence-electron chi connectivity index (χ1n) is 4.84. The Bertz CT molecular complexity index is 363. The Labute approximate surface area is 88.3 Å². The van der Waals surface area contributed by atoms with Crippen LogP contribution in [0.1, 0.15) is 30.5 Å². The van der Waals surface area contributed by atoms with Crippen molar-refractivity contribution in [3.63, 3.8) is 0 Å². The van der Waals surface area contributed by atoms with Crippen LogP contribution in [-0.4, -0.2) is 16.2 Å². The van der Waals surface area contributed by atoms with Gasteiger partial charge in [0.05, 0.1) is 6.42 Å². The predicted molar refractivity (Wildman–Crippen MR) is 56.7 cm³/mol. The first-order chi connectivity index (χ1) is 7.06. The molecule has 1 unspecified atom stereocenters. The van der Waals surface area contributed by atoms with Crippen LogP contribution in [0.3, 0.4) is 0 Å². The van der Waals surface area contributed by atoms with Crippen LogP contribution in [-0.2, 0) is 11.2 Å². The summed E-state index contributed by atoms with van der Waals surface area (Å²) in [4.78, 5) is 10.5. The third-order valence-electron chi connectivity index (χ3n) is 2.33. The molecule has 15 heavy (non-hydrogen) atoms. The summed E-state index contributed by atoms with van der Waals surface area (Å²) in [5.74, 6) is -0.849. The Morgan fingerprint density at radius 2 is 2.20 bits per heavy atom. The SMILES string of the molecule is CCc1cccc(C(N)CC(=O)O)c1O. The zero-order valence-electron chi connectivity index (χ0n) is 8.60. The van der Waals surface area contributed by atoms with Gasteiger partial charge in [-0.1, -0.05) is 25.1 Å². The lowest BCUT2D eigenvalue weighted by molar-refractivity contribution is -0.137. The first-order valence-corrected chi connectivity index (χ1v) is 4.84. The van der Waals surface area contributed by atoms with Crippen molar-refractivity contribution in [1.82, 2.24) is 0 Å². The number of aliphatic carboxylic acids is 1. The van der Waals surface area contributed by atoms with E-state index >= 15 is 0 Å². The molecule has 0 aliphatic heterocycles. The smallest absolute Gasteiger partial charge is 0.305 e. The van der Waals surface area contributed by atoms with Gasteiger partial charge in [-0.05, 0) is 12.0 Å². The van der Waals surface area contributed by atoms with Gasteiger partial charge in [-0.25, -0.2) is 0 Å². The van der Waals surface area contributed by atoms with Gasteiger partial charge in [-0.15, -0.1) is 0 Å². The van der Waals surface area contributed by atoms with Crippen molar-refractivity contribution in [3.05, 3.63) is 29.3 Å². The number of carboxylic acids is 1. The van der Waals surface area contributed by atoms with Gasteiger partial charge in [-0.3, -0.25) is 4.79 Å². The van der Waals surface area contributed by atoms with E-state index in [0.29, 0.717) is 12.0 Å².